The zero-order valence-corrected chi connectivity index (χ0v) is 27.3. The normalized spacial score (nSPS) is 27.5. The number of likely N-dealkylation sites (tertiary alicyclic amines) is 3. The Balaban J connectivity index is 0.000000429. The fourth-order valence-corrected chi connectivity index (χ4v) is 6.13. The average Bonchev–Trinajstić information content (AvgIpc) is 2.69. The van der Waals surface area contributed by atoms with E-state index in [1.54, 1.807) is 0 Å². The molecule has 3 aliphatic rings. The van der Waals surface area contributed by atoms with Gasteiger partial charge >= 0.3 is 33.1 Å². The summed E-state index contributed by atoms with van der Waals surface area (Å²) in [7, 11) is 0. The molecule has 0 aromatic rings. The molecule has 0 aliphatic carbocycles. The Labute approximate surface area is 236 Å². The monoisotopic (exact) mass is 724 g/mol. The van der Waals surface area contributed by atoms with Gasteiger partial charge in [0.2, 0.25) is 36.7 Å². The molecule has 0 saturated carbocycles. The standard InChI is InChI=1S/3C7H13NS2.Ir/c3*1-6-4-2-3-5-8(6)7(9)10;/h3*6H,2-5H2,1H3,(H,9,10);/q;;;+3/p+6. The van der Waals surface area contributed by atoms with Crippen LogP contribution in [0.25, 0.3) is 0 Å². The quantitative estimate of drug-likeness (QED) is 0.208. The van der Waals surface area contributed by atoms with Gasteiger partial charge in [-0.15, -0.1) is 0 Å². The maximum Gasteiger partial charge on any atom is 3.00 e. The SMILES string of the molecule is CC1CCCCN1C(=[SH+])[SH2+].CC1CCCCN1C(=[SH+])[SH2+].CC1CCCCN1C(=[SH+])[SH2+].[Ir+3]. The molecule has 3 unspecified atom stereocenters. The second-order valence-corrected chi connectivity index (χ2v) is 12.5. The summed E-state index contributed by atoms with van der Waals surface area (Å²) in [6.45, 7) is 10.2. The number of piperidine rings is 3. The second kappa shape index (κ2) is 18.2. The van der Waals surface area contributed by atoms with Crippen molar-refractivity contribution in [2.75, 3.05) is 19.6 Å². The predicted molar refractivity (Wildman–Crippen MR) is 162 cm³/mol. The van der Waals surface area contributed by atoms with E-state index in [-0.39, 0.29) is 20.1 Å². The van der Waals surface area contributed by atoms with Gasteiger partial charge in [0.15, 0.2) is 0 Å². The summed E-state index contributed by atoms with van der Waals surface area (Å²) in [6.07, 6.45) is 11.9. The van der Waals surface area contributed by atoms with Crippen molar-refractivity contribution < 1.29 is 20.1 Å². The van der Waals surface area contributed by atoms with Crippen LogP contribution >= 0.6 is 0 Å². The first-order valence-electron chi connectivity index (χ1n) is 11.3. The van der Waals surface area contributed by atoms with E-state index >= 15 is 0 Å². The molecule has 0 N–H and O–H groups in total. The van der Waals surface area contributed by atoms with E-state index in [1.165, 1.54) is 57.8 Å². The summed E-state index contributed by atoms with van der Waals surface area (Å²) in [4.78, 5) is 6.89. The summed E-state index contributed by atoms with van der Waals surface area (Å²) in [6, 6.07) is 2.00. The van der Waals surface area contributed by atoms with Crippen LogP contribution in [0.3, 0.4) is 0 Å². The van der Waals surface area contributed by atoms with Gasteiger partial charge in [0.1, 0.15) is 0 Å². The minimum absolute atomic E-state index is 0. The van der Waals surface area contributed by atoms with E-state index in [4.69, 9.17) is 0 Å². The first kappa shape index (κ1) is 32.8. The van der Waals surface area contributed by atoms with E-state index in [0.29, 0.717) is 18.1 Å². The third-order valence-electron chi connectivity index (χ3n) is 6.23. The third-order valence-corrected chi connectivity index (χ3v) is 7.86. The van der Waals surface area contributed by atoms with Gasteiger partial charge in [0, 0.05) is 37.8 Å². The minimum atomic E-state index is 0. The summed E-state index contributed by atoms with van der Waals surface area (Å²) in [5.74, 6) is 0. The van der Waals surface area contributed by atoms with E-state index in [9.17, 15) is 0 Å². The fraction of sp³-hybridized carbons (Fsp3) is 0.857. The van der Waals surface area contributed by atoms with Crippen LogP contribution < -0.4 is 0 Å². The molecule has 3 rings (SSSR count). The molecule has 180 valence electrons. The van der Waals surface area contributed by atoms with Gasteiger partial charge in [-0.25, -0.2) is 0 Å². The van der Waals surface area contributed by atoms with Crippen LogP contribution in [0.5, 0.6) is 0 Å². The summed E-state index contributed by atoms with van der Waals surface area (Å²) in [5.41, 5.74) is 0. The first-order valence-corrected chi connectivity index (χ1v) is 14.1. The van der Waals surface area contributed by atoms with Crippen molar-refractivity contribution in [2.45, 2.75) is 96.7 Å². The average molecular weight is 724 g/mol. The summed E-state index contributed by atoms with van der Waals surface area (Å²) < 4.78 is 2.94. The van der Waals surface area contributed by atoms with Crippen LogP contribution in [0, 0.1) is 0 Å². The Morgan fingerprint density at radius 1 is 0.548 bits per heavy atom. The van der Waals surface area contributed by atoms with Gasteiger partial charge in [-0.3, -0.25) is 0 Å². The van der Waals surface area contributed by atoms with Crippen LogP contribution in [0.15, 0.2) is 0 Å². The number of hydrogen-bond acceptors (Lipinski definition) is 0. The molecule has 3 saturated heterocycles. The van der Waals surface area contributed by atoms with Crippen LogP contribution in [-0.4, -0.2) is 65.4 Å². The largest absolute Gasteiger partial charge is 3.00 e. The van der Waals surface area contributed by atoms with E-state index in [1.807, 2.05) is 0 Å². The molecule has 0 radical (unpaired) electrons. The van der Waals surface area contributed by atoms with Crippen molar-refractivity contribution >= 4 is 87.5 Å². The third kappa shape index (κ3) is 12.9. The zero-order chi connectivity index (χ0) is 22.7. The number of hydrogen-bond donors (Lipinski definition) is 0. The molecule has 0 spiro atoms. The van der Waals surface area contributed by atoms with Crippen LogP contribution in [0.1, 0.15) is 78.6 Å². The molecule has 0 bridgehead atoms. The molecule has 31 heavy (non-hydrogen) atoms. The van der Waals surface area contributed by atoms with Gasteiger partial charge in [-0.05, 0) is 59.3 Å². The molecule has 0 aromatic carbocycles. The fourth-order valence-electron chi connectivity index (χ4n) is 4.24. The molecule has 0 aromatic heterocycles. The first-order chi connectivity index (χ1) is 14.1. The summed E-state index contributed by atoms with van der Waals surface area (Å²) in [5, 5.41) is 0. The molecule has 10 heteroatoms. The molecule has 0 amide bonds. The van der Waals surface area contributed by atoms with E-state index in [2.05, 4.69) is 110 Å². The van der Waals surface area contributed by atoms with Crippen molar-refractivity contribution in [3.8, 4) is 0 Å². The molecule has 3 fully saturated rings. The van der Waals surface area contributed by atoms with Gasteiger partial charge in [0.05, 0.1) is 37.9 Å². The Morgan fingerprint density at radius 3 is 0.903 bits per heavy atom. The topological polar surface area (TPSA) is 9.72 Å². The van der Waals surface area contributed by atoms with Crippen molar-refractivity contribution in [1.29, 1.82) is 0 Å². The van der Waals surface area contributed by atoms with Gasteiger partial charge in [0.25, 0.3) is 0 Å². The molecule has 3 atom stereocenters. The second-order valence-electron chi connectivity index (χ2n) is 8.59. The minimum Gasteiger partial charge on any atom is -0.181 e. The van der Waals surface area contributed by atoms with Crippen LogP contribution in [0.2, 0.25) is 0 Å². The maximum absolute atomic E-state index is 4.26. The number of nitrogens with zero attached hydrogens (tertiary/aromatic N) is 3. The smallest absolute Gasteiger partial charge is 0.181 e. The Bertz CT molecular complexity index is 489. The summed E-state index contributed by atoms with van der Waals surface area (Å²) >= 11 is 23.1. The Hall–Kier alpha value is 1.85. The van der Waals surface area contributed by atoms with Gasteiger partial charge in [-0.1, -0.05) is 19.3 Å². The van der Waals surface area contributed by atoms with Crippen molar-refractivity contribution in [3.05, 3.63) is 0 Å². The molecular weight excluding hydrogens is 679 g/mol. The van der Waals surface area contributed by atoms with Gasteiger partial charge < -0.3 is 0 Å². The molecule has 3 heterocycles. The molecule has 3 aliphatic heterocycles. The maximum atomic E-state index is 4.26. The van der Waals surface area contributed by atoms with E-state index in [0.717, 1.165) is 32.6 Å². The number of thiol groups is 3. The van der Waals surface area contributed by atoms with Gasteiger partial charge in [-0.2, -0.15) is 14.7 Å². The molecule has 3 nitrogen and oxygen atoms in total. The van der Waals surface area contributed by atoms with Crippen molar-refractivity contribution in [3.63, 3.8) is 0 Å². The van der Waals surface area contributed by atoms with Crippen LogP contribution in [0.4, 0.5) is 0 Å². The van der Waals surface area contributed by atoms with Crippen LogP contribution in [-0.2, 0) is 94.6 Å². The van der Waals surface area contributed by atoms with Crippen molar-refractivity contribution in [1.82, 2.24) is 14.7 Å². The predicted octanol–water partition coefficient (Wildman–Crippen LogP) is 0.714. The van der Waals surface area contributed by atoms with E-state index < -0.39 is 0 Å². The number of rotatable bonds is 0. The molecular formula is C21H45IrN3S6+9. The van der Waals surface area contributed by atoms with Crippen molar-refractivity contribution in [2.24, 2.45) is 0 Å². The Morgan fingerprint density at radius 2 is 0.774 bits per heavy atom. The Kier molecular flexibility index (Phi) is 19.2. The zero-order valence-electron chi connectivity index (χ0n) is 19.2.